The van der Waals surface area contributed by atoms with Crippen molar-refractivity contribution in [3.05, 3.63) is 97.4 Å². The number of rotatable bonds is 7. The van der Waals surface area contributed by atoms with Gasteiger partial charge in [-0.2, -0.15) is 0 Å². The van der Waals surface area contributed by atoms with E-state index in [4.69, 9.17) is 9.88 Å². The molecule has 0 spiro atoms. The van der Waals surface area contributed by atoms with Crippen LogP contribution in [0.25, 0.3) is 0 Å². The lowest BCUT2D eigenvalue weighted by atomic mass is 9.83. The van der Waals surface area contributed by atoms with Crippen molar-refractivity contribution in [1.82, 2.24) is 4.57 Å². The van der Waals surface area contributed by atoms with Gasteiger partial charge in [-0.1, -0.05) is 51.2 Å². The molecule has 0 bridgehead atoms. The number of nitrogens with zero attached hydrogens (tertiary/aromatic N) is 2. The lowest BCUT2D eigenvalue weighted by molar-refractivity contribution is -0.122. The van der Waals surface area contributed by atoms with Crippen molar-refractivity contribution < 1.29 is 27.5 Å². The third kappa shape index (κ3) is 5.49. The first-order valence-electron chi connectivity index (χ1n) is 13.1. The van der Waals surface area contributed by atoms with Crippen LogP contribution in [0.5, 0.6) is 5.75 Å². The molecule has 2 aliphatic heterocycles. The molecule has 44 heavy (non-hydrogen) atoms. The van der Waals surface area contributed by atoms with Gasteiger partial charge in [-0.25, -0.2) is 18.5 Å². The average Bonchev–Trinajstić information content (AvgIpc) is 3.43. The molecule has 0 aliphatic carbocycles. The highest BCUT2D eigenvalue weighted by Crippen LogP contribution is 2.54. The predicted octanol–water partition coefficient (Wildman–Crippen LogP) is 3.76. The van der Waals surface area contributed by atoms with Crippen molar-refractivity contribution in [2.75, 3.05) is 17.3 Å². The number of hydrogen-bond acceptors (Lipinski definition) is 9. The van der Waals surface area contributed by atoms with Gasteiger partial charge in [-0.3, -0.25) is 23.7 Å². The number of anilines is 2. The lowest BCUT2D eigenvalue weighted by Gasteiger charge is -2.30. The first kappa shape index (κ1) is 30.3. The number of amides is 3. The molecule has 11 nitrogen and oxygen atoms in total. The minimum atomic E-state index is -3.90. The van der Waals surface area contributed by atoms with Crippen molar-refractivity contribution in [3.8, 4) is 5.75 Å². The number of sulfonamides is 1. The van der Waals surface area contributed by atoms with Crippen LogP contribution in [0.15, 0.2) is 92.0 Å². The number of imide groups is 1. The Balaban J connectivity index is 1.37. The summed E-state index contributed by atoms with van der Waals surface area (Å²) in [5.74, 6) is -2.09. The molecule has 3 atom stereocenters. The number of fused-ring (bicyclic) bond motifs is 2. The molecule has 3 unspecified atom stereocenters. The fraction of sp³-hybridized carbons (Fsp3) is 0.172. The summed E-state index contributed by atoms with van der Waals surface area (Å²) in [5.41, 5.74) is 1.49. The largest absolute Gasteiger partial charge is 0.497 e. The van der Waals surface area contributed by atoms with Crippen LogP contribution in [0.1, 0.15) is 16.4 Å². The Hall–Kier alpha value is -3.76. The number of carbonyl (C=O) groups excluding carboxylic acids is 3. The van der Waals surface area contributed by atoms with Crippen molar-refractivity contribution in [3.63, 3.8) is 0 Å². The Morgan fingerprint density at radius 3 is 2.25 bits per heavy atom. The summed E-state index contributed by atoms with van der Waals surface area (Å²) in [5, 5.41) is 7.41. The monoisotopic (exact) mass is 714 g/mol. The Kier molecular flexibility index (Phi) is 8.00. The van der Waals surface area contributed by atoms with Crippen molar-refractivity contribution >= 4 is 78.1 Å². The molecular weight excluding hydrogens is 692 g/mol. The number of aromatic nitrogens is 1. The summed E-state index contributed by atoms with van der Waals surface area (Å²) in [7, 11) is -2.36. The van der Waals surface area contributed by atoms with Gasteiger partial charge in [0.05, 0.1) is 28.6 Å². The second kappa shape index (κ2) is 11.6. The second-order valence-corrected chi connectivity index (χ2v) is 14.6. The SMILES string of the molecule is COc1ccc(C2c3sc(=O)n(CC(=O)Nc4ccc(S(N)(=O)=O)cc4)c3SC3C(=O)N(c4ccc(Br)cc4)C(=O)C32)cc1. The van der Waals surface area contributed by atoms with Crippen LogP contribution in [0.2, 0.25) is 0 Å². The number of ether oxygens (including phenoxy) is 1. The number of nitrogens with one attached hydrogen (secondary N) is 1. The minimum absolute atomic E-state index is 0.109. The molecule has 226 valence electrons. The number of thioether (sulfide) groups is 1. The van der Waals surface area contributed by atoms with E-state index in [9.17, 15) is 27.6 Å². The Morgan fingerprint density at radius 2 is 1.64 bits per heavy atom. The molecule has 3 N–H and O–H groups in total. The summed E-state index contributed by atoms with van der Waals surface area (Å²) in [4.78, 5) is 55.5. The van der Waals surface area contributed by atoms with E-state index < -0.39 is 43.8 Å². The second-order valence-electron chi connectivity index (χ2n) is 10.0. The molecule has 6 rings (SSSR count). The summed E-state index contributed by atoms with van der Waals surface area (Å²) in [6, 6.07) is 19.3. The summed E-state index contributed by atoms with van der Waals surface area (Å²) in [6.07, 6.45) is 0. The van der Waals surface area contributed by atoms with Gasteiger partial charge in [0.1, 0.15) is 17.5 Å². The van der Waals surface area contributed by atoms with Gasteiger partial charge in [-0.15, -0.1) is 0 Å². The number of thiazole rings is 1. The smallest absolute Gasteiger partial charge is 0.308 e. The highest BCUT2D eigenvalue weighted by Gasteiger charge is 2.56. The zero-order chi connectivity index (χ0) is 31.3. The van der Waals surface area contributed by atoms with Crippen LogP contribution < -0.4 is 25.0 Å². The van der Waals surface area contributed by atoms with Gasteiger partial charge in [-0.05, 0) is 66.2 Å². The van der Waals surface area contributed by atoms with Crippen LogP contribution in [-0.2, 0) is 31.0 Å². The van der Waals surface area contributed by atoms with Crippen LogP contribution in [0.4, 0.5) is 11.4 Å². The maximum atomic E-state index is 14.0. The Morgan fingerprint density at radius 1 is 0.977 bits per heavy atom. The van der Waals surface area contributed by atoms with Gasteiger partial charge in [0.15, 0.2) is 0 Å². The van der Waals surface area contributed by atoms with Crippen LogP contribution in [0, 0.1) is 5.92 Å². The predicted molar refractivity (Wildman–Crippen MR) is 170 cm³/mol. The van der Waals surface area contributed by atoms with Crippen molar-refractivity contribution in [1.29, 1.82) is 0 Å². The quantitative estimate of drug-likeness (QED) is 0.274. The van der Waals surface area contributed by atoms with Crippen LogP contribution >= 0.6 is 39.0 Å². The van der Waals surface area contributed by atoms with Gasteiger partial charge in [0, 0.05) is 21.0 Å². The first-order chi connectivity index (χ1) is 21.0. The van der Waals surface area contributed by atoms with E-state index in [2.05, 4.69) is 21.2 Å². The summed E-state index contributed by atoms with van der Waals surface area (Å²) >= 11 is 5.44. The van der Waals surface area contributed by atoms with E-state index in [0.29, 0.717) is 27.0 Å². The number of hydrogen-bond donors (Lipinski definition) is 2. The molecule has 0 radical (unpaired) electrons. The molecular formula is C29H23BrN4O7S3. The number of benzene rings is 3. The Labute approximate surface area is 268 Å². The maximum Gasteiger partial charge on any atom is 0.308 e. The first-order valence-corrected chi connectivity index (χ1v) is 17.1. The van der Waals surface area contributed by atoms with Crippen molar-refractivity contribution in [2.45, 2.75) is 27.6 Å². The van der Waals surface area contributed by atoms with Crippen molar-refractivity contribution in [2.24, 2.45) is 11.1 Å². The highest BCUT2D eigenvalue weighted by atomic mass is 79.9. The molecule has 4 aromatic rings. The van der Waals surface area contributed by atoms with Gasteiger partial charge < -0.3 is 10.1 Å². The number of primary sulfonamides is 1. The fourth-order valence-corrected chi connectivity index (χ4v) is 8.90. The number of methoxy groups -OCH3 is 1. The van der Waals surface area contributed by atoms with E-state index >= 15 is 0 Å². The van der Waals surface area contributed by atoms with E-state index in [1.807, 2.05) is 12.1 Å². The normalized spacial score (nSPS) is 19.4. The average molecular weight is 716 g/mol. The fourth-order valence-electron chi connectivity index (χ4n) is 5.34. The lowest BCUT2D eigenvalue weighted by Crippen LogP contribution is -2.33. The minimum Gasteiger partial charge on any atom is -0.497 e. The third-order valence-electron chi connectivity index (χ3n) is 7.38. The molecule has 1 saturated heterocycles. The van der Waals surface area contributed by atoms with Crippen LogP contribution in [0.3, 0.4) is 0 Å². The zero-order valence-electron chi connectivity index (χ0n) is 22.8. The van der Waals surface area contributed by atoms with E-state index in [-0.39, 0.29) is 17.3 Å². The number of nitrogens with two attached hydrogens (primary N) is 1. The molecule has 3 amide bonds. The van der Waals surface area contributed by atoms with Crippen LogP contribution in [-0.4, -0.2) is 43.1 Å². The third-order valence-corrected chi connectivity index (χ3v) is 11.4. The van der Waals surface area contributed by atoms with Gasteiger partial charge >= 0.3 is 4.87 Å². The molecule has 3 heterocycles. The molecule has 15 heteroatoms. The molecule has 2 aliphatic rings. The van der Waals surface area contributed by atoms with E-state index in [1.54, 1.807) is 43.5 Å². The Bertz CT molecular complexity index is 1960. The van der Waals surface area contributed by atoms with Gasteiger partial charge in [0.2, 0.25) is 27.7 Å². The van der Waals surface area contributed by atoms with E-state index in [0.717, 1.165) is 33.1 Å². The maximum absolute atomic E-state index is 14.0. The summed E-state index contributed by atoms with van der Waals surface area (Å²) < 4.78 is 30.5. The molecule has 1 fully saturated rings. The standard InChI is InChI=1S/C29H23BrN4O7S3/c1-41-19-10-2-15(3-11-19)22-23-24(27(37)34(26(23)36)18-8-4-16(30)5-9-18)42-28-25(22)43-29(38)33(28)14-21(35)32-17-6-12-20(13-7-17)44(31,39)40/h2-13,22-24H,14H2,1H3,(H,32,35)(H2,31,39,40). The molecule has 3 aromatic carbocycles. The number of carbonyl (C=O) groups is 3. The number of halogens is 1. The highest BCUT2D eigenvalue weighted by molar-refractivity contribution is 9.10. The summed E-state index contributed by atoms with van der Waals surface area (Å²) in [6.45, 7) is -0.361. The topological polar surface area (TPSA) is 158 Å². The molecule has 0 saturated carbocycles. The van der Waals surface area contributed by atoms with E-state index in [1.165, 1.54) is 33.7 Å². The van der Waals surface area contributed by atoms with Gasteiger partial charge in [0.25, 0.3) is 0 Å². The molecule has 1 aromatic heterocycles. The zero-order valence-corrected chi connectivity index (χ0v) is 26.8.